The Bertz CT molecular complexity index is 1280. The number of hydrogen-bond acceptors (Lipinski definition) is 5. The molecule has 0 amide bonds. The number of benzene rings is 3. The zero-order chi connectivity index (χ0) is 22.3. The number of hydrogen-bond donors (Lipinski definition) is 1. The van der Waals surface area contributed by atoms with Gasteiger partial charge in [0.1, 0.15) is 6.61 Å². The highest BCUT2D eigenvalue weighted by Gasteiger charge is 2.09. The highest BCUT2D eigenvalue weighted by Crippen LogP contribution is 2.29. The molecule has 1 heterocycles. The molecule has 0 unspecified atom stereocenters. The number of aromatic nitrogens is 3. The van der Waals surface area contributed by atoms with Crippen molar-refractivity contribution in [3.05, 3.63) is 93.7 Å². The van der Waals surface area contributed by atoms with Gasteiger partial charge in [-0.15, -0.1) is 0 Å². The van der Waals surface area contributed by atoms with E-state index in [2.05, 4.69) is 15.3 Å². The van der Waals surface area contributed by atoms with E-state index >= 15 is 0 Å². The molecule has 0 aliphatic carbocycles. The molecule has 0 aliphatic heterocycles. The van der Waals surface area contributed by atoms with Crippen LogP contribution in [0.2, 0.25) is 5.02 Å². The molecule has 3 aromatic carbocycles. The third-order valence-electron chi connectivity index (χ3n) is 4.56. The molecule has 0 bridgehead atoms. The lowest BCUT2D eigenvalue weighted by Gasteiger charge is -2.13. The van der Waals surface area contributed by atoms with Crippen LogP contribution in [0.15, 0.2) is 77.9 Å². The first-order valence-electron chi connectivity index (χ1n) is 10.1. The molecule has 6 nitrogen and oxygen atoms in total. The van der Waals surface area contributed by atoms with Gasteiger partial charge >= 0.3 is 0 Å². The summed E-state index contributed by atoms with van der Waals surface area (Å²) in [5.41, 5.74) is 2.73. The number of halogens is 1. The Labute approximate surface area is 196 Å². The Morgan fingerprint density at radius 2 is 1.88 bits per heavy atom. The largest absolute Gasteiger partial charge is 0.490 e. The molecule has 0 fully saturated rings. The molecular weight excluding hydrogens is 444 g/mol. The summed E-state index contributed by atoms with van der Waals surface area (Å²) < 4.78 is 13.8. The zero-order valence-electron chi connectivity index (χ0n) is 17.4. The Kier molecular flexibility index (Phi) is 6.99. The average Bonchev–Trinajstić information content (AvgIpc) is 3.18. The van der Waals surface area contributed by atoms with Crippen LogP contribution in [0.4, 0.5) is 0 Å². The van der Waals surface area contributed by atoms with Gasteiger partial charge in [0.05, 0.1) is 12.8 Å². The summed E-state index contributed by atoms with van der Waals surface area (Å²) in [6.07, 6.45) is 1.71. The first-order valence-corrected chi connectivity index (χ1v) is 10.8. The molecule has 0 saturated heterocycles. The Morgan fingerprint density at radius 3 is 2.66 bits per heavy atom. The van der Waals surface area contributed by atoms with Crippen molar-refractivity contribution in [3.63, 3.8) is 0 Å². The number of rotatable bonds is 8. The van der Waals surface area contributed by atoms with Crippen LogP contribution in [0.5, 0.6) is 11.5 Å². The Balaban J connectivity index is 1.56. The smallest absolute Gasteiger partial charge is 0.216 e. The normalized spacial score (nSPS) is 11.1. The minimum atomic E-state index is 0.388. The minimum absolute atomic E-state index is 0.388. The second-order valence-electron chi connectivity index (χ2n) is 6.83. The summed E-state index contributed by atoms with van der Waals surface area (Å²) in [6, 6.07) is 23.0. The molecular formula is C24H21ClN4O2S. The summed E-state index contributed by atoms with van der Waals surface area (Å²) in [7, 11) is 0. The van der Waals surface area contributed by atoms with Gasteiger partial charge in [0.15, 0.2) is 17.3 Å². The Hall–Kier alpha value is -3.42. The minimum Gasteiger partial charge on any atom is -0.490 e. The van der Waals surface area contributed by atoms with Crippen molar-refractivity contribution in [3.8, 4) is 22.9 Å². The fourth-order valence-electron chi connectivity index (χ4n) is 3.08. The summed E-state index contributed by atoms with van der Waals surface area (Å²) in [5.74, 6) is 1.92. The number of aromatic amines is 1. The lowest BCUT2D eigenvalue weighted by molar-refractivity contribution is 0.269. The van der Waals surface area contributed by atoms with Gasteiger partial charge in [0.2, 0.25) is 4.77 Å². The first kappa shape index (κ1) is 21.8. The van der Waals surface area contributed by atoms with Gasteiger partial charge in [-0.3, -0.25) is 0 Å². The molecule has 8 heteroatoms. The number of nitrogens with zero attached hydrogens (tertiary/aromatic N) is 3. The maximum absolute atomic E-state index is 6.06. The maximum atomic E-state index is 6.06. The molecule has 4 rings (SSSR count). The first-order chi connectivity index (χ1) is 15.6. The van der Waals surface area contributed by atoms with Crippen LogP contribution in [0.3, 0.4) is 0 Å². The molecule has 4 aromatic rings. The summed E-state index contributed by atoms with van der Waals surface area (Å²) in [6.45, 7) is 2.83. The fourth-order valence-corrected chi connectivity index (χ4v) is 3.47. The summed E-state index contributed by atoms with van der Waals surface area (Å²) >= 11 is 11.4. The van der Waals surface area contributed by atoms with E-state index < -0.39 is 0 Å². The molecule has 1 aromatic heterocycles. The van der Waals surface area contributed by atoms with Gasteiger partial charge in [-0.2, -0.15) is 14.9 Å². The van der Waals surface area contributed by atoms with Crippen LogP contribution in [-0.4, -0.2) is 27.7 Å². The van der Waals surface area contributed by atoms with Crippen LogP contribution in [0, 0.1) is 4.77 Å². The number of H-pyrrole nitrogens is 1. The van der Waals surface area contributed by atoms with Gasteiger partial charge < -0.3 is 9.47 Å². The van der Waals surface area contributed by atoms with Gasteiger partial charge in [-0.1, -0.05) is 54.1 Å². The topological polar surface area (TPSA) is 64.4 Å². The Morgan fingerprint density at radius 1 is 1.03 bits per heavy atom. The van der Waals surface area contributed by atoms with Crippen molar-refractivity contribution < 1.29 is 9.47 Å². The van der Waals surface area contributed by atoms with E-state index in [0.717, 1.165) is 16.7 Å². The predicted octanol–water partition coefficient (Wildman–Crippen LogP) is 6.12. The zero-order valence-corrected chi connectivity index (χ0v) is 18.9. The lowest BCUT2D eigenvalue weighted by atomic mass is 10.2. The van der Waals surface area contributed by atoms with Crippen molar-refractivity contribution in [2.45, 2.75) is 13.5 Å². The second-order valence-corrected chi connectivity index (χ2v) is 7.66. The molecule has 0 aliphatic rings. The molecule has 0 radical (unpaired) electrons. The van der Waals surface area contributed by atoms with Crippen LogP contribution >= 0.6 is 23.8 Å². The quantitative estimate of drug-likeness (QED) is 0.252. The van der Waals surface area contributed by atoms with Crippen LogP contribution in [0.1, 0.15) is 18.1 Å². The van der Waals surface area contributed by atoms with Crippen molar-refractivity contribution >= 4 is 30.0 Å². The van der Waals surface area contributed by atoms with E-state index in [0.29, 0.717) is 40.3 Å². The van der Waals surface area contributed by atoms with E-state index in [-0.39, 0.29) is 0 Å². The van der Waals surface area contributed by atoms with E-state index in [9.17, 15) is 0 Å². The molecule has 0 saturated carbocycles. The average molecular weight is 465 g/mol. The maximum Gasteiger partial charge on any atom is 0.216 e. The molecule has 162 valence electrons. The monoisotopic (exact) mass is 464 g/mol. The molecule has 1 N–H and O–H groups in total. The molecule has 0 atom stereocenters. The van der Waals surface area contributed by atoms with Crippen molar-refractivity contribution in [1.29, 1.82) is 0 Å². The molecule has 0 spiro atoms. The van der Waals surface area contributed by atoms with Gasteiger partial charge in [-0.25, -0.2) is 5.10 Å². The number of nitrogens with one attached hydrogen (secondary N) is 1. The van der Waals surface area contributed by atoms with Crippen molar-refractivity contribution in [2.75, 3.05) is 6.61 Å². The lowest BCUT2D eigenvalue weighted by Crippen LogP contribution is -2.01. The van der Waals surface area contributed by atoms with E-state index in [1.165, 1.54) is 0 Å². The molecule has 32 heavy (non-hydrogen) atoms. The van der Waals surface area contributed by atoms with Gasteiger partial charge in [0.25, 0.3) is 0 Å². The van der Waals surface area contributed by atoms with E-state index in [1.54, 1.807) is 10.9 Å². The van der Waals surface area contributed by atoms with Gasteiger partial charge in [0, 0.05) is 10.6 Å². The second kappa shape index (κ2) is 10.3. The third-order valence-corrected chi connectivity index (χ3v) is 5.06. The van der Waals surface area contributed by atoms with Crippen molar-refractivity contribution in [1.82, 2.24) is 14.9 Å². The van der Waals surface area contributed by atoms with Crippen LogP contribution in [0.25, 0.3) is 11.4 Å². The standard InChI is InChI=1S/C24H21ClN4O2S/c1-2-30-22-14-17(11-12-21(22)31-16-18-7-6-10-20(25)13-18)15-26-29-23(27-28-24(29)32)19-8-4-3-5-9-19/h3-15H,2,16H2,1H3,(H,28,32)/b26-15-. The third kappa shape index (κ3) is 5.25. The van der Waals surface area contributed by atoms with E-state index in [1.807, 2.05) is 79.7 Å². The van der Waals surface area contributed by atoms with E-state index in [4.69, 9.17) is 33.3 Å². The van der Waals surface area contributed by atoms with Crippen LogP contribution in [-0.2, 0) is 6.61 Å². The SMILES string of the molecule is CCOc1cc(/C=N\n2c(-c3ccccc3)n[nH]c2=S)ccc1OCc1cccc(Cl)c1. The van der Waals surface area contributed by atoms with Crippen LogP contribution < -0.4 is 9.47 Å². The highest BCUT2D eigenvalue weighted by atomic mass is 35.5. The van der Waals surface area contributed by atoms with Gasteiger partial charge in [-0.05, 0) is 60.6 Å². The van der Waals surface area contributed by atoms with Crippen molar-refractivity contribution in [2.24, 2.45) is 5.10 Å². The number of ether oxygens (including phenoxy) is 2. The summed E-state index contributed by atoms with van der Waals surface area (Å²) in [4.78, 5) is 0. The highest BCUT2D eigenvalue weighted by molar-refractivity contribution is 7.71. The predicted molar refractivity (Wildman–Crippen MR) is 129 cm³/mol. The fraction of sp³-hybridized carbons (Fsp3) is 0.125. The summed E-state index contributed by atoms with van der Waals surface area (Å²) in [5, 5.41) is 12.3.